The molecule has 1 aliphatic rings. The molecule has 0 bridgehead atoms. The van der Waals surface area contributed by atoms with Crippen LogP contribution in [0.4, 0.5) is 8.78 Å². The number of aromatic nitrogens is 1. The second-order valence-electron chi connectivity index (χ2n) is 4.88. The number of hydrogen-bond acceptors (Lipinski definition) is 2. The van der Waals surface area contributed by atoms with Crippen LogP contribution in [0.25, 0.3) is 10.9 Å². The summed E-state index contributed by atoms with van der Waals surface area (Å²) in [5.74, 6) is 0.0788. The normalized spacial score (nSPS) is 15.3. The van der Waals surface area contributed by atoms with Gasteiger partial charge in [0.1, 0.15) is 19.7 Å². The zero-order valence-corrected chi connectivity index (χ0v) is 10.6. The van der Waals surface area contributed by atoms with Gasteiger partial charge in [0.25, 0.3) is 0 Å². The molecule has 3 rings (SSSR count). The first kappa shape index (κ1) is 13.0. The van der Waals surface area contributed by atoms with Gasteiger partial charge in [0, 0.05) is 17.5 Å². The standard InChI is InChI=1S/C14H11BF2N2O/c15-13-11(7-18)10-5-4-9(20-14(16)17)6-12(10)19(13)8-2-1-3-8/h4-6,8,14H,1-3H2. The van der Waals surface area contributed by atoms with Crippen molar-refractivity contribution in [1.82, 2.24) is 4.57 Å². The van der Waals surface area contributed by atoms with Crippen LogP contribution in [-0.2, 0) is 0 Å². The number of nitriles is 1. The molecule has 1 aromatic carbocycles. The van der Waals surface area contributed by atoms with E-state index in [1.807, 2.05) is 4.57 Å². The van der Waals surface area contributed by atoms with Crippen molar-refractivity contribution in [3.63, 3.8) is 0 Å². The summed E-state index contributed by atoms with van der Waals surface area (Å²) < 4.78 is 30.9. The lowest BCUT2D eigenvalue weighted by atomic mass is 9.90. The Morgan fingerprint density at radius 1 is 1.40 bits per heavy atom. The lowest BCUT2D eigenvalue weighted by Crippen LogP contribution is -2.27. The van der Waals surface area contributed by atoms with E-state index in [9.17, 15) is 14.0 Å². The van der Waals surface area contributed by atoms with Gasteiger partial charge in [0.15, 0.2) is 0 Å². The summed E-state index contributed by atoms with van der Waals surface area (Å²) in [5, 5.41) is 9.90. The summed E-state index contributed by atoms with van der Waals surface area (Å²) in [4.78, 5) is 0. The molecule has 1 heterocycles. The first-order chi connectivity index (χ1) is 9.61. The van der Waals surface area contributed by atoms with E-state index in [-0.39, 0.29) is 11.8 Å². The third-order valence-corrected chi connectivity index (χ3v) is 3.79. The van der Waals surface area contributed by atoms with Gasteiger partial charge in [-0.15, -0.1) is 0 Å². The predicted molar refractivity (Wildman–Crippen MR) is 71.6 cm³/mol. The zero-order valence-electron chi connectivity index (χ0n) is 10.6. The van der Waals surface area contributed by atoms with Gasteiger partial charge in [0.2, 0.25) is 0 Å². The number of alkyl halides is 2. The molecule has 3 nitrogen and oxygen atoms in total. The van der Waals surface area contributed by atoms with E-state index in [0.29, 0.717) is 22.1 Å². The highest BCUT2D eigenvalue weighted by Gasteiger charge is 2.25. The van der Waals surface area contributed by atoms with E-state index in [0.717, 1.165) is 19.3 Å². The van der Waals surface area contributed by atoms with Crippen molar-refractivity contribution in [3.05, 3.63) is 23.8 Å². The highest BCUT2D eigenvalue weighted by molar-refractivity contribution is 6.34. The number of rotatable bonds is 3. The van der Waals surface area contributed by atoms with Crippen molar-refractivity contribution in [1.29, 1.82) is 5.26 Å². The third-order valence-electron chi connectivity index (χ3n) is 3.79. The van der Waals surface area contributed by atoms with Crippen LogP contribution < -0.4 is 10.3 Å². The highest BCUT2D eigenvalue weighted by Crippen LogP contribution is 2.36. The molecule has 1 aromatic heterocycles. The van der Waals surface area contributed by atoms with Crippen molar-refractivity contribution in [2.24, 2.45) is 0 Å². The average molecular weight is 272 g/mol. The first-order valence-electron chi connectivity index (χ1n) is 6.40. The van der Waals surface area contributed by atoms with Gasteiger partial charge >= 0.3 is 6.61 Å². The molecule has 0 saturated heterocycles. The molecule has 0 aliphatic heterocycles. The Bertz CT molecular complexity index is 701. The SMILES string of the molecule is [B]c1c(C#N)c2ccc(OC(F)F)cc2n1C1CCC1. The fourth-order valence-electron chi connectivity index (χ4n) is 2.64. The molecule has 2 radical (unpaired) electrons. The molecule has 6 heteroatoms. The molecular weight excluding hydrogens is 261 g/mol. The molecule has 1 saturated carbocycles. The fourth-order valence-corrected chi connectivity index (χ4v) is 2.64. The van der Waals surface area contributed by atoms with E-state index in [1.54, 1.807) is 6.07 Å². The highest BCUT2D eigenvalue weighted by atomic mass is 19.3. The smallest absolute Gasteiger partial charge is 0.387 e. The van der Waals surface area contributed by atoms with Gasteiger partial charge in [-0.25, -0.2) is 0 Å². The lowest BCUT2D eigenvalue weighted by molar-refractivity contribution is -0.0497. The topological polar surface area (TPSA) is 37.9 Å². The summed E-state index contributed by atoms with van der Waals surface area (Å²) in [5.41, 5.74) is 1.48. The van der Waals surface area contributed by atoms with E-state index in [2.05, 4.69) is 10.8 Å². The quantitative estimate of drug-likeness (QED) is 0.805. The summed E-state index contributed by atoms with van der Waals surface area (Å²) in [6.45, 7) is -2.87. The summed E-state index contributed by atoms with van der Waals surface area (Å²) >= 11 is 0. The Hall–Kier alpha value is -2.03. The number of halogens is 2. The average Bonchev–Trinajstić information content (AvgIpc) is 2.60. The van der Waals surface area contributed by atoms with Gasteiger partial charge < -0.3 is 9.30 Å². The van der Waals surface area contributed by atoms with Crippen molar-refractivity contribution in [2.75, 3.05) is 0 Å². The molecule has 0 N–H and O–H groups in total. The lowest BCUT2D eigenvalue weighted by Gasteiger charge is -2.29. The molecule has 100 valence electrons. The first-order valence-corrected chi connectivity index (χ1v) is 6.40. The maximum absolute atomic E-state index is 12.3. The molecule has 0 unspecified atom stereocenters. The Kier molecular flexibility index (Phi) is 3.13. The monoisotopic (exact) mass is 272 g/mol. The van der Waals surface area contributed by atoms with E-state index >= 15 is 0 Å². The number of benzene rings is 1. The summed E-state index contributed by atoms with van der Waals surface area (Å²) in [6.07, 6.45) is 3.08. The Labute approximate surface area is 116 Å². The Morgan fingerprint density at radius 2 is 2.15 bits per heavy atom. The number of hydrogen-bond donors (Lipinski definition) is 0. The summed E-state index contributed by atoms with van der Waals surface area (Å²) in [7, 11) is 6.04. The van der Waals surface area contributed by atoms with E-state index < -0.39 is 6.61 Å². The van der Waals surface area contributed by atoms with Gasteiger partial charge in [0.05, 0.1) is 11.1 Å². The van der Waals surface area contributed by atoms with Crippen LogP contribution in [0, 0.1) is 11.3 Å². The van der Waals surface area contributed by atoms with E-state index in [4.69, 9.17) is 7.85 Å². The van der Waals surface area contributed by atoms with Crippen LogP contribution in [-0.4, -0.2) is 19.0 Å². The fraction of sp³-hybridized carbons (Fsp3) is 0.357. The van der Waals surface area contributed by atoms with Gasteiger partial charge in [-0.1, -0.05) is 0 Å². The van der Waals surface area contributed by atoms with Crippen LogP contribution >= 0.6 is 0 Å². The molecular formula is C14H11BF2N2O. The van der Waals surface area contributed by atoms with Crippen LogP contribution in [0.5, 0.6) is 5.75 Å². The third kappa shape index (κ3) is 1.94. The molecule has 0 atom stereocenters. The van der Waals surface area contributed by atoms with Gasteiger partial charge in [-0.05, 0) is 37.0 Å². The predicted octanol–water partition coefficient (Wildman–Crippen LogP) is 2.63. The number of fused-ring (bicyclic) bond motifs is 1. The van der Waals surface area contributed by atoms with Crippen LogP contribution in [0.3, 0.4) is 0 Å². The molecule has 0 amide bonds. The second-order valence-corrected chi connectivity index (χ2v) is 4.88. The Morgan fingerprint density at radius 3 is 2.70 bits per heavy atom. The molecule has 1 aliphatic carbocycles. The maximum atomic E-state index is 12.3. The van der Waals surface area contributed by atoms with Crippen molar-refractivity contribution in [2.45, 2.75) is 31.9 Å². The van der Waals surface area contributed by atoms with Gasteiger partial charge in [-0.3, -0.25) is 0 Å². The number of nitrogens with zero attached hydrogens (tertiary/aromatic N) is 2. The molecule has 2 aromatic rings. The molecule has 20 heavy (non-hydrogen) atoms. The minimum absolute atomic E-state index is 0.0788. The minimum atomic E-state index is -2.87. The summed E-state index contributed by atoms with van der Waals surface area (Å²) in [6, 6.07) is 6.89. The molecule has 1 fully saturated rings. The van der Waals surface area contributed by atoms with Gasteiger partial charge in [-0.2, -0.15) is 14.0 Å². The minimum Gasteiger partial charge on any atom is -0.435 e. The zero-order chi connectivity index (χ0) is 14.3. The van der Waals surface area contributed by atoms with E-state index in [1.165, 1.54) is 12.1 Å². The number of ether oxygens (including phenoxy) is 1. The van der Waals surface area contributed by atoms with Crippen molar-refractivity contribution >= 4 is 24.3 Å². The van der Waals surface area contributed by atoms with Crippen LogP contribution in [0.1, 0.15) is 30.9 Å². The maximum Gasteiger partial charge on any atom is 0.387 e. The van der Waals surface area contributed by atoms with Crippen molar-refractivity contribution < 1.29 is 13.5 Å². The largest absolute Gasteiger partial charge is 0.435 e. The van der Waals surface area contributed by atoms with Crippen LogP contribution in [0.15, 0.2) is 18.2 Å². The molecule has 0 spiro atoms. The van der Waals surface area contributed by atoms with Crippen molar-refractivity contribution in [3.8, 4) is 11.8 Å². The van der Waals surface area contributed by atoms with Crippen LogP contribution in [0.2, 0.25) is 0 Å². The Balaban J connectivity index is 2.18. The second kappa shape index (κ2) is 4.82.